The number of hydrogen-bond donors (Lipinski definition) is 1. The van der Waals surface area contributed by atoms with Crippen LogP contribution in [0.25, 0.3) is 0 Å². The van der Waals surface area contributed by atoms with Gasteiger partial charge in [-0.25, -0.2) is 8.42 Å². The van der Waals surface area contributed by atoms with Gasteiger partial charge in [-0.15, -0.1) is 0 Å². The van der Waals surface area contributed by atoms with E-state index in [1.807, 2.05) is 0 Å². The molecule has 0 spiro atoms. The summed E-state index contributed by atoms with van der Waals surface area (Å²) in [4.78, 5) is 4.26. The second-order valence-corrected chi connectivity index (χ2v) is 7.33. The minimum Gasteiger partial charge on any atom is -0.393 e. The maximum atomic E-state index is 12.5. The highest BCUT2D eigenvalue weighted by Gasteiger charge is 2.24. The monoisotopic (exact) mass is 381 g/mol. The molecule has 1 rings (SSSR count). The van der Waals surface area contributed by atoms with E-state index in [0.29, 0.717) is 10.9 Å². The molecule has 2 N–H and O–H groups in total. The lowest BCUT2D eigenvalue weighted by molar-refractivity contribution is 0.179. The van der Waals surface area contributed by atoms with E-state index in [-0.39, 0.29) is 29.6 Å². The summed E-state index contributed by atoms with van der Waals surface area (Å²) in [6.45, 7) is 0.736. The van der Waals surface area contributed by atoms with Crippen LogP contribution >= 0.6 is 28.1 Å². The maximum Gasteiger partial charge on any atom is 0.244 e. The van der Waals surface area contributed by atoms with Crippen LogP contribution < -0.4 is 5.73 Å². The third-order valence-electron chi connectivity index (χ3n) is 2.47. The maximum absolute atomic E-state index is 12.5. The van der Waals surface area contributed by atoms with Crippen molar-refractivity contribution in [2.24, 2.45) is 5.73 Å². The molecule has 0 aliphatic heterocycles. The largest absolute Gasteiger partial charge is 0.393 e. The summed E-state index contributed by atoms with van der Waals surface area (Å²) in [5.74, 6) is 0. The number of sulfonamides is 1. The Bertz CT molecular complexity index is 566. The second kappa shape index (κ2) is 7.99. The van der Waals surface area contributed by atoms with Crippen molar-refractivity contribution < 1.29 is 13.2 Å². The second-order valence-electron chi connectivity index (χ2n) is 3.95. The molecule has 1 heterocycles. The van der Waals surface area contributed by atoms with Crippen molar-refractivity contribution in [3.63, 3.8) is 0 Å². The van der Waals surface area contributed by atoms with Crippen molar-refractivity contribution in [1.82, 2.24) is 9.29 Å². The Balaban J connectivity index is 3.00. The Labute approximate surface area is 132 Å². The zero-order chi connectivity index (χ0) is 15.2. The van der Waals surface area contributed by atoms with Crippen LogP contribution in [0.4, 0.5) is 0 Å². The smallest absolute Gasteiger partial charge is 0.244 e. The van der Waals surface area contributed by atoms with Gasteiger partial charge in [-0.3, -0.25) is 4.98 Å². The topological polar surface area (TPSA) is 85.5 Å². The predicted molar refractivity (Wildman–Crippen MR) is 84.0 cm³/mol. The minimum atomic E-state index is -3.65. The van der Waals surface area contributed by atoms with Crippen LogP contribution in [-0.2, 0) is 14.8 Å². The molecule has 0 aromatic carbocycles. The lowest BCUT2D eigenvalue weighted by atomic mass is 10.4. The summed E-state index contributed by atoms with van der Waals surface area (Å²) >= 11 is 8.00. The van der Waals surface area contributed by atoms with Gasteiger partial charge in [0, 0.05) is 43.5 Å². The number of rotatable bonds is 8. The van der Waals surface area contributed by atoms with Crippen LogP contribution in [0.1, 0.15) is 6.42 Å². The molecule has 0 saturated carbocycles. The third kappa shape index (κ3) is 5.06. The number of aromatic nitrogens is 1. The van der Waals surface area contributed by atoms with E-state index < -0.39 is 10.0 Å². The van der Waals surface area contributed by atoms with Crippen LogP contribution in [0.15, 0.2) is 27.8 Å². The van der Waals surface area contributed by atoms with Crippen molar-refractivity contribution in [3.8, 4) is 0 Å². The molecule has 0 fully saturated rings. The normalized spacial score (nSPS) is 11.8. The molecule has 0 aliphatic rings. The SMILES string of the molecule is COCCN(CCC(N)=S)S(=O)(=O)c1cncc(Br)c1. The average Bonchev–Trinajstić information content (AvgIpc) is 2.38. The Hall–Kier alpha value is -0.610. The van der Waals surface area contributed by atoms with E-state index in [0.717, 1.165) is 0 Å². The number of hydrogen-bond acceptors (Lipinski definition) is 5. The van der Waals surface area contributed by atoms with Gasteiger partial charge in [-0.1, -0.05) is 12.2 Å². The van der Waals surface area contributed by atoms with Crippen molar-refractivity contribution in [1.29, 1.82) is 0 Å². The van der Waals surface area contributed by atoms with Gasteiger partial charge in [0.25, 0.3) is 0 Å². The molecule has 0 amide bonds. The molecule has 0 aliphatic carbocycles. The number of halogens is 1. The zero-order valence-electron chi connectivity index (χ0n) is 11.0. The molecule has 9 heteroatoms. The van der Waals surface area contributed by atoms with Gasteiger partial charge >= 0.3 is 0 Å². The standard InChI is InChI=1S/C11H16BrN3O3S2/c1-18-5-4-15(3-2-11(13)19)20(16,17)10-6-9(12)7-14-8-10/h6-8H,2-5H2,1H3,(H2,13,19). The van der Waals surface area contributed by atoms with E-state index in [9.17, 15) is 8.42 Å². The first-order valence-electron chi connectivity index (χ1n) is 5.76. The molecule has 1 aromatic heterocycles. The fourth-order valence-corrected chi connectivity index (χ4v) is 3.48. The fraction of sp³-hybridized carbons (Fsp3) is 0.455. The van der Waals surface area contributed by atoms with Crippen LogP contribution in [0.3, 0.4) is 0 Å². The predicted octanol–water partition coefficient (Wildman–Crippen LogP) is 1.16. The first-order chi connectivity index (χ1) is 9.37. The lowest BCUT2D eigenvalue weighted by Gasteiger charge is -2.21. The summed E-state index contributed by atoms with van der Waals surface area (Å²) in [6.07, 6.45) is 3.15. The minimum absolute atomic E-state index is 0.117. The zero-order valence-corrected chi connectivity index (χ0v) is 14.2. The number of methoxy groups -OCH3 is 1. The average molecular weight is 382 g/mol. The van der Waals surface area contributed by atoms with Crippen molar-refractivity contribution >= 4 is 43.2 Å². The summed E-state index contributed by atoms with van der Waals surface area (Å²) < 4.78 is 31.9. The summed E-state index contributed by atoms with van der Waals surface area (Å²) in [6, 6.07) is 1.50. The van der Waals surface area contributed by atoms with Gasteiger partial charge in [0.1, 0.15) is 4.90 Å². The van der Waals surface area contributed by atoms with E-state index in [4.69, 9.17) is 22.7 Å². The van der Waals surface area contributed by atoms with Crippen LogP contribution in [0.2, 0.25) is 0 Å². The lowest BCUT2D eigenvalue weighted by Crippen LogP contribution is -2.36. The number of nitrogens with two attached hydrogens (primary N) is 1. The Morgan fingerprint density at radius 2 is 2.20 bits per heavy atom. The highest BCUT2D eigenvalue weighted by atomic mass is 79.9. The number of nitrogens with zero attached hydrogens (tertiary/aromatic N) is 2. The quantitative estimate of drug-likeness (QED) is 0.679. The molecule has 0 bridgehead atoms. The molecule has 0 atom stereocenters. The van der Waals surface area contributed by atoms with E-state index in [2.05, 4.69) is 20.9 Å². The van der Waals surface area contributed by atoms with Crippen LogP contribution in [0.5, 0.6) is 0 Å². The number of pyridine rings is 1. The van der Waals surface area contributed by atoms with Gasteiger partial charge in [0.2, 0.25) is 10.0 Å². The highest BCUT2D eigenvalue weighted by Crippen LogP contribution is 2.18. The Kier molecular flexibility index (Phi) is 6.96. The van der Waals surface area contributed by atoms with Crippen molar-refractivity contribution in [2.45, 2.75) is 11.3 Å². The van der Waals surface area contributed by atoms with Crippen LogP contribution in [0, 0.1) is 0 Å². The summed E-state index contributed by atoms with van der Waals surface area (Å²) in [7, 11) is -2.13. The Morgan fingerprint density at radius 1 is 1.50 bits per heavy atom. The molecule has 1 aromatic rings. The molecule has 0 saturated heterocycles. The first kappa shape index (κ1) is 17.4. The highest BCUT2D eigenvalue weighted by molar-refractivity contribution is 9.10. The first-order valence-corrected chi connectivity index (χ1v) is 8.40. The van der Waals surface area contributed by atoms with Crippen molar-refractivity contribution in [2.75, 3.05) is 26.8 Å². The van der Waals surface area contributed by atoms with Gasteiger partial charge in [0.05, 0.1) is 11.6 Å². The van der Waals surface area contributed by atoms with Gasteiger partial charge in [0.15, 0.2) is 0 Å². The van der Waals surface area contributed by atoms with Crippen molar-refractivity contribution in [3.05, 3.63) is 22.9 Å². The molecule has 0 unspecified atom stereocenters. The van der Waals surface area contributed by atoms with Gasteiger partial charge in [-0.2, -0.15) is 4.31 Å². The third-order valence-corrected chi connectivity index (χ3v) is 4.97. The van der Waals surface area contributed by atoms with Gasteiger partial charge in [-0.05, 0) is 22.0 Å². The van der Waals surface area contributed by atoms with E-state index in [1.165, 1.54) is 29.9 Å². The summed E-state index contributed by atoms with van der Waals surface area (Å²) in [5.41, 5.74) is 5.43. The molecular weight excluding hydrogens is 366 g/mol. The Morgan fingerprint density at radius 3 is 2.75 bits per heavy atom. The van der Waals surface area contributed by atoms with E-state index in [1.54, 1.807) is 0 Å². The molecule has 112 valence electrons. The molecule has 20 heavy (non-hydrogen) atoms. The fourth-order valence-electron chi connectivity index (χ4n) is 1.46. The molecule has 0 radical (unpaired) electrons. The van der Waals surface area contributed by atoms with Crippen LogP contribution in [-0.4, -0.2) is 49.5 Å². The van der Waals surface area contributed by atoms with Gasteiger partial charge < -0.3 is 10.5 Å². The molecular formula is C11H16BrN3O3S2. The van der Waals surface area contributed by atoms with E-state index >= 15 is 0 Å². The number of ether oxygens (including phenoxy) is 1. The summed E-state index contributed by atoms with van der Waals surface area (Å²) in [5, 5.41) is 0. The molecule has 6 nitrogen and oxygen atoms in total. The number of thiocarbonyl (C=S) groups is 1.